The van der Waals surface area contributed by atoms with Gasteiger partial charge in [-0.25, -0.2) is 0 Å². The summed E-state index contributed by atoms with van der Waals surface area (Å²) in [5.74, 6) is 0. The molecule has 0 bridgehead atoms. The lowest BCUT2D eigenvalue weighted by Crippen LogP contribution is -2.26. The van der Waals surface area contributed by atoms with Crippen LogP contribution in [0.15, 0.2) is 30.3 Å². The third kappa shape index (κ3) is 4.04. The summed E-state index contributed by atoms with van der Waals surface area (Å²) >= 11 is 0. The van der Waals surface area contributed by atoms with Gasteiger partial charge in [-0.3, -0.25) is 0 Å². The SMILES string of the molecule is CCC[C@@](O)(C#N)CCCc1ccccc1. The highest BCUT2D eigenvalue weighted by Crippen LogP contribution is 2.19. The fourth-order valence-corrected chi connectivity index (χ4v) is 1.88. The van der Waals surface area contributed by atoms with E-state index in [1.807, 2.05) is 31.2 Å². The van der Waals surface area contributed by atoms with Crippen molar-refractivity contribution >= 4 is 0 Å². The van der Waals surface area contributed by atoms with Crippen molar-refractivity contribution in [1.29, 1.82) is 5.26 Å². The first-order chi connectivity index (χ1) is 7.70. The lowest BCUT2D eigenvalue weighted by atomic mass is 9.92. The van der Waals surface area contributed by atoms with Gasteiger partial charge < -0.3 is 5.11 Å². The lowest BCUT2D eigenvalue weighted by molar-refractivity contribution is 0.0771. The van der Waals surface area contributed by atoms with E-state index in [4.69, 9.17) is 5.26 Å². The van der Waals surface area contributed by atoms with E-state index in [9.17, 15) is 5.11 Å². The standard InChI is InChI=1S/C14H19NO/c1-2-10-14(16,12-15)11-6-9-13-7-4-3-5-8-13/h3-5,7-8,16H,2,6,9-11H2,1H3/t14-/m0/s1. The Morgan fingerprint density at radius 1 is 1.25 bits per heavy atom. The second kappa shape index (κ2) is 6.30. The number of nitrogens with zero attached hydrogens (tertiary/aromatic N) is 1. The van der Waals surface area contributed by atoms with Crippen LogP contribution in [-0.4, -0.2) is 10.7 Å². The molecule has 1 aromatic rings. The molecule has 16 heavy (non-hydrogen) atoms. The Kier molecular flexibility index (Phi) is 5.01. The van der Waals surface area contributed by atoms with Crippen molar-refractivity contribution in [3.05, 3.63) is 35.9 Å². The predicted octanol–water partition coefficient (Wildman–Crippen LogP) is 3.06. The van der Waals surface area contributed by atoms with E-state index < -0.39 is 5.60 Å². The van der Waals surface area contributed by atoms with E-state index in [1.54, 1.807) is 0 Å². The van der Waals surface area contributed by atoms with Crippen LogP contribution in [0, 0.1) is 11.3 Å². The Labute approximate surface area is 97.5 Å². The smallest absolute Gasteiger partial charge is 0.151 e. The largest absolute Gasteiger partial charge is 0.375 e. The maximum atomic E-state index is 9.94. The van der Waals surface area contributed by atoms with Crippen LogP contribution < -0.4 is 0 Å². The fraction of sp³-hybridized carbons (Fsp3) is 0.500. The van der Waals surface area contributed by atoms with Gasteiger partial charge in [0, 0.05) is 0 Å². The molecule has 0 aliphatic carbocycles. The molecule has 0 aliphatic rings. The van der Waals surface area contributed by atoms with Gasteiger partial charge in [-0.2, -0.15) is 5.26 Å². The topological polar surface area (TPSA) is 44.0 Å². The molecule has 0 heterocycles. The van der Waals surface area contributed by atoms with Crippen LogP contribution in [0.5, 0.6) is 0 Å². The number of hydrogen-bond acceptors (Lipinski definition) is 2. The molecule has 0 unspecified atom stereocenters. The highest BCUT2D eigenvalue weighted by molar-refractivity contribution is 5.14. The van der Waals surface area contributed by atoms with Crippen LogP contribution in [-0.2, 0) is 6.42 Å². The molecule has 0 fully saturated rings. The van der Waals surface area contributed by atoms with Crippen molar-refractivity contribution in [3.8, 4) is 6.07 Å². The van der Waals surface area contributed by atoms with E-state index in [1.165, 1.54) is 5.56 Å². The molecule has 86 valence electrons. The summed E-state index contributed by atoms with van der Waals surface area (Å²) < 4.78 is 0. The quantitative estimate of drug-likeness (QED) is 0.744. The molecule has 1 rings (SSSR count). The van der Waals surface area contributed by atoms with E-state index in [2.05, 4.69) is 12.1 Å². The average molecular weight is 217 g/mol. The minimum atomic E-state index is -1.12. The van der Waals surface area contributed by atoms with Crippen molar-refractivity contribution < 1.29 is 5.11 Å². The third-order valence-electron chi connectivity index (χ3n) is 2.77. The fourth-order valence-electron chi connectivity index (χ4n) is 1.88. The van der Waals surface area contributed by atoms with E-state index in [0.29, 0.717) is 12.8 Å². The molecule has 1 N–H and O–H groups in total. The second-order valence-corrected chi connectivity index (χ2v) is 4.23. The summed E-state index contributed by atoms with van der Waals surface area (Å²) in [6, 6.07) is 12.2. The lowest BCUT2D eigenvalue weighted by Gasteiger charge is -2.18. The van der Waals surface area contributed by atoms with Gasteiger partial charge >= 0.3 is 0 Å². The number of rotatable bonds is 6. The van der Waals surface area contributed by atoms with Gasteiger partial charge in [0.1, 0.15) is 0 Å². The number of hydrogen-bond donors (Lipinski definition) is 1. The molecular formula is C14H19NO. The molecule has 0 saturated heterocycles. The number of aryl methyl sites for hydroxylation is 1. The van der Waals surface area contributed by atoms with Gasteiger partial charge in [0.15, 0.2) is 5.60 Å². The number of nitriles is 1. The molecule has 2 nitrogen and oxygen atoms in total. The monoisotopic (exact) mass is 217 g/mol. The van der Waals surface area contributed by atoms with E-state index in [-0.39, 0.29) is 0 Å². The molecule has 0 saturated carbocycles. The van der Waals surface area contributed by atoms with Crippen molar-refractivity contribution in [3.63, 3.8) is 0 Å². The summed E-state index contributed by atoms with van der Waals surface area (Å²) in [5.41, 5.74) is 0.142. The van der Waals surface area contributed by atoms with Crippen LogP contribution in [0.3, 0.4) is 0 Å². The van der Waals surface area contributed by atoms with Gasteiger partial charge in [0.05, 0.1) is 6.07 Å². The van der Waals surface area contributed by atoms with Crippen LogP contribution in [0.2, 0.25) is 0 Å². The van der Waals surface area contributed by atoms with Gasteiger partial charge in [0.25, 0.3) is 0 Å². The zero-order valence-electron chi connectivity index (χ0n) is 9.82. The number of benzene rings is 1. The molecule has 0 aromatic heterocycles. The van der Waals surface area contributed by atoms with Crippen molar-refractivity contribution in [2.24, 2.45) is 0 Å². The average Bonchev–Trinajstić information content (AvgIpc) is 2.31. The Balaban J connectivity index is 2.38. The first-order valence-electron chi connectivity index (χ1n) is 5.88. The molecular weight excluding hydrogens is 198 g/mol. The Hall–Kier alpha value is -1.33. The first kappa shape index (κ1) is 12.7. The molecule has 0 radical (unpaired) electrons. The Bertz CT molecular complexity index is 342. The van der Waals surface area contributed by atoms with E-state index >= 15 is 0 Å². The summed E-state index contributed by atoms with van der Waals surface area (Å²) in [6.07, 6.45) is 3.75. The maximum Gasteiger partial charge on any atom is 0.151 e. The molecule has 0 amide bonds. The predicted molar refractivity (Wildman–Crippen MR) is 64.9 cm³/mol. The molecule has 0 aliphatic heterocycles. The Morgan fingerprint density at radius 2 is 1.94 bits per heavy atom. The molecule has 1 aromatic carbocycles. The zero-order valence-corrected chi connectivity index (χ0v) is 9.82. The van der Waals surface area contributed by atoms with Gasteiger partial charge in [-0.15, -0.1) is 0 Å². The highest BCUT2D eigenvalue weighted by Gasteiger charge is 2.24. The summed E-state index contributed by atoms with van der Waals surface area (Å²) in [7, 11) is 0. The zero-order chi connectivity index (χ0) is 11.9. The van der Waals surface area contributed by atoms with Gasteiger partial charge in [-0.05, 0) is 31.2 Å². The molecule has 0 spiro atoms. The molecule has 2 heteroatoms. The van der Waals surface area contributed by atoms with Gasteiger partial charge in [0.2, 0.25) is 0 Å². The third-order valence-corrected chi connectivity index (χ3v) is 2.77. The van der Waals surface area contributed by atoms with Crippen LogP contribution >= 0.6 is 0 Å². The first-order valence-corrected chi connectivity index (χ1v) is 5.88. The second-order valence-electron chi connectivity index (χ2n) is 4.23. The van der Waals surface area contributed by atoms with Crippen LogP contribution in [0.25, 0.3) is 0 Å². The minimum absolute atomic E-state index is 0.562. The van der Waals surface area contributed by atoms with Crippen molar-refractivity contribution in [2.75, 3.05) is 0 Å². The van der Waals surface area contributed by atoms with Gasteiger partial charge in [-0.1, -0.05) is 43.7 Å². The Morgan fingerprint density at radius 3 is 2.50 bits per heavy atom. The minimum Gasteiger partial charge on any atom is -0.375 e. The van der Waals surface area contributed by atoms with Crippen molar-refractivity contribution in [1.82, 2.24) is 0 Å². The highest BCUT2D eigenvalue weighted by atomic mass is 16.3. The van der Waals surface area contributed by atoms with E-state index in [0.717, 1.165) is 19.3 Å². The van der Waals surface area contributed by atoms with Crippen molar-refractivity contribution in [2.45, 2.75) is 44.6 Å². The van der Waals surface area contributed by atoms with Crippen LogP contribution in [0.4, 0.5) is 0 Å². The summed E-state index contributed by atoms with van der Waals surface area (Å²) in [4.78, 5) is 0. The summed E-state index contributed by atoms with van der Waals surface area (Å²) in [6.45, 7) is 1.99. The normalized spacial score (nSPS) is 14.1. The maximum absolute atomic E-state index is 9.94. The summed E-state index contributed by atoms with van der Waals surface area (Å²) in [5, 5.41) is 18.9. The molecule has 1 atom stereocenters. The number of aliphatic hydroxyl groups is 1. The van der Waals surface area contributed by atoms with Crippen LogP contribution in [0.1, 0.15) is 38.2 Å².